The van der Waals surface area contributed by atoms with Crippen LogP contribution in [0.2, 0.25) is 0 Å². The summed E-state index contributed by atoms with van der Waals surface area (Å²) in [4.78, 5) is 0. The van der Waals surface area contributed by atoms with Gasteiger partial charge in [0.05, 0.1) is 18.0 Å². The summed E-state index contributed by atoms with van der Waals surface area (Å²) in [5, 5.41) is 6.66. The van der Waals surface area contributed by atoms with Crippen LogP contribution < -0.4 is 19.7 Å². The van der Waals surface area contributed by atoms with Crippen LogP contribution in [0.5, 0.6) is 5.75 Å². The van der Waals surface area contributed by atoms with E-state index in [0.29, 0.717) is 23.1 Å². The predicted molar refractivity (Wildman–Crippen MR) is 115 cm³/mol. The summed E-state index contributed by atoms with van der Waals surface area (Å²) in [7, 11) is -1.81. The lowest BCUT2D eigenvalue weighted by atomic mass is 10.2. The van der Waals surface area contributed by atoms with Gasteiger partial charge in [0, 0.05) is 12.7 Å². The number of thiocarbonyl (C=S) groups is 1. The van der Waals surface area contributed by atoms with Crippen LogP contribution >= 0.6 is 12.2 Å². The summed E-state index contributed by atoms with van der Waals surface area (Å²) in [6, 6.07) is 14.9. The van der Waals surface area contributed by atoms with E-state index in [-0.39, 0.29) is 6.04 Å². The van der Waals surface area contributed by atoms with E-state index in [9.17, 15) is 8.42 Å². The van der Waals surface area contributed by atoms with E-state index in [1.54, 1.807) is 18.2 Å². The molecule has 146 valence electrons. The number of nitrogens with zero attached hydrogens (tertiary/aromatic N) is 1. The molecule has 2 aromatic rings. The summed E-state index contributed by atoms with van der Waals surface area (Å²) in [6.07, 6.45) is 1.16. The van der Waals surface area contributed by atoms with Gasteiger partial charge in [-0.25, -0.2) is 8.42 Å². The molecule has 0 fully saturated rings. The van der Waals surface area contributed by atoms with Gasteiger partial charge in [-0.05, 0) is 56.4 Å². The van der Waals surface area contributed by atoms with Crippen molar-refractivity contribution in [3.05, 3.63) is 54.1 Å². The molecule has 0 aliphatic carbocycles. The number of nitrogens with one attached hydrogen (secondary N) is 2. The summed E-state index contributed by atoms with van der Waals surface area (Å²) >= 11 is 5.33. The summed E-state index contributed by atoms with van der Waals surface area (Å²) in [6.45, 7) is 4.46. The standard InChI is InChI=1S/C19H25N3O3S2/c1-14-8-10-18(11-9-14)25-13-15(2)20-19(26)21-16-6-5-7-17(12-16)22(3)27(4,23)24/h5-12,15H,13H2,1-4H3,(H2,20,21,26)/t15-/m0/s1. The molecule has 0 aromatic heterocycles. The van der Waals surface area contributed by atoms with Gasteiger partial charge in [0.1, 0.15) is 12.4 Å². The zero-order valence-electron chi connectivity index (χ0n) is 15.9. The van der Waals surface area contributed by atoms with Gasteiger partial charge in [-0.3, -0.25) is 4.31 Å². The van der Waals surface area contributed by atoms with Gasteiger partial charge < -0.3 is 15.4 Å². The monoisotopic (exact) mass is 407 g/mol. The number of aryl methyl sites for hydroxylation is 1. The molecule has 0 saturated carbocycles. The Kier molecular flexibility index (Phi) is 7.04. The SMILES string of the molecule is Cc1ccc(OC[C@H](C)NC(=S)Nc2cccc(N(C)S(C)(=O)=O)c2)cc1. The average Bonchev–Trinajstić information content (AvgIpc) is 2.60. The Labute approximate surface area is 166 Å². The van der Waals surface area contributed by atoms with Crippen molar-refractivity contribution >= 4 is 38.7 Å². The number of rotatable bonds is 7. The number of anilines is 2. The second-order valence-corrected chi connectivity index (χ2v) is 8.83. The minimum atomic E-state index is -3.32. The van der Waals surface area contributed by atoms with Crippen molar-refractivity contribution < 1.29 is 13.2 Å². The fourth-order valence-electron chi connectivity index (χ4n) is 2.26. The first-order valence-corrected chi connectivity index (χ1v) is 10.7. The van der Waals surface area contributed by atoms with Crippen molar-refractivity contribution in [2.75, 3.05) is 29.5 Å². The van der Waals surface area contributed by atoms with E-state index in [2.05, 4.69) is 10.6 Å². The van der Waals surface area contributed by atoms with E-state index in [0.717, 1.165) is 12.0 Å². The minimum Gasteiger partial charge on any atom is -0.491 e. The molecule has 27 heavy (non-hydrogen) atoms. The maximum Gasteiger partial charge on any atom is 0.231 e. The molecule has 0 unspecified atom stereocenters. The molecule has 0 amide bonds. The fourth-order valence-corrected chi connectivity index (χ4v) is 3.07. The van der Waals surface area contributed by atoms with Crippen LogP contribution in [0.3, 0.4) is 0 Å². The molecule has 2 N–H and O–H groups in total. The summed E-state index contributed by atoms with van der Waals surface area (Å²) < 4.78 is 30.3. The van der Waals surface area contributed by atoms with Crippen molar-refractivity contribution in [1.29, 1.82) is 0 Å². The van der Waals surface area contributed by atoms with Crippen LogP contribution in [0.1, 0.15) is 12.5 Å². The lowest BCUT2D eigenvalue weighted by Crippen LogP contribution is -2.39. The van der Waals surface area contributed by atoms with E-state index in [1.165, 1.54) is 16.9 Å². The second kappa shape index (κ2) is 9.05. The molecule has 0 spiro atoms. The molecular formula is C19H25N3O3S2. The van der Waals surface area contributed by atoms with E-state index in [1.807, 2.05) is 44.2 Å². The largest absolute Gasteiger partial charge is 0.491 e. The Bertz CT molecular complexity index is 883. The van der Waals surface area contributed by atoms with Gasteiger partial charge >= 0.3 is 0 Å². The van der Waals surface area contributed by atoms with Crippen LogP contribution in [0.4, 0.5) is 11.4 Å². The fraction of sp³-hybridized carbons (Fsp3) is 0.316. The molecule has 0 aliphatic rings. The third-order valence-electron chi connectivity index (χ3n) is 3.86. The average molecular weight is 408 g/mol. The van der Waals surface area contributed by atoms with E-state index in [4.69, 9.17) is 17.0 Å². The third kappa shape index (κ3) is 6.73. The molecular weight excluding hydrogens is 382 g/mol. The normalized spacial score (nSPS) is 12.1. The van der Waals surface area contributed by atoms with Gasteiger partial charge in [-0.1, -0.05) is 23.8 Å². The summed E-state index contributed by atoms with van der Waals surface area (Å²) in [5.74, 6) is 0.810. The molecule has 0 heterocycles. The lowest BCUT2D eigenvalue weighted by Gasteiger charge is -2.20. The zero-order valence-corrected chi connectivity index (χ0v) is 17.5. The highest BCUT2D eigenvalue weighted by atomic mass is 32.2. The van der Waals surface area contributed by atoms with Gasteiger partial charge in [0.15, 0.2) is 5.11 Å². The number of hydrogen-bond acceptors (Lipinski definition) is 4. The maximum atomic E-state index is 11.7. The van der Waals surface area contributed by atoms with Crippen molar-refractivity contribution in [3.8, 4) is 5.75 Å². The number of hydrogen-bond donors (Lipinski definition) is 2. The molecule has 0 radical (unpaired) electrons. The zero-order chi connectivity index (χ0) is 20.0. The van der Waals surface area contributed by atoms with Gasteiger partial charge in [0.25, 0.3) is 0 Å². The van der Waals surface area contributed by atoms with E-state index < -0.39 is 10.0 Å². The Hall–Kier alpha value is -2.32. The second-order valence-electron chi connectivity index (χ2n) is 6.40. The molecule has 1 atom stereocenters. The van der Waals surface area contributed by atoms with Crippen LogP contribution in [-0.4, -0.2) is 39.5 Å². The quantitative estimate of drug-likeness (QED) is 0.687. The number of ether oxygens (including phenoxy) is 1. The van der Waals surface area contributed by atoms with Gasteiger partial charge in [-0.15, -0.1) is 0 Å². The Morgan fingerprint density at radius 2 is 1.89 bits per heavy atom. The Morgan fingerprint density at radius 1 is 1.22 bits per heavy atom. The molecule has 0 bridgehead atoms. The van der Waals surface area contributed by atoms with Crippen LogP contribution in [0.15, 0.2) is 48.5 Å². The van der Waals surface area contributed by atoms with Crippen molar-refractivity contribution in [2.45, 2.75) is 19.9 Å². The van der Waals surface area contributed by atoms with Crippen molar-refractivity contribution in [1.82, 2.24) is 5.32 Å². The first-order valence-electron chi connectivity index (χ1n) is 8.46. The highest BCUT2D eigenvalue weighted by molar-refractivity contribution is 7.92. The van der Waals surface area contributed by atoms with Crippen LogP contribution in [-0.2, 0) is 10.0 Å². The minimum absolute atomic E-state index is 0.00632. The highest BCUT2D eigenvalue weighted by Crippen LogP contribution is 2.20. The highest BCUT2D eigenvalue weighted by Gasteiger charge is 2.12. The first-order chi connectivity index (χ1) is 12.6. The molecule has 0 saturated heterocycles. The molecule has 8 heteroatoms. The molecule has 2 rings (SSSR count). The predicted octanol–water partition coefficient (Wildman–Crippen LogP) is 3.14. The summed E-state index contributed by atoms with van der Waals surface area (Å²) in [5.41, 5.74) is 2.44. The Balaban J connectivity index is 1.88. The first kappa shape index (κ1) is 21.0. The van der Waals surface area contributed by atoms with Gasteiger partial charge in [0.2, 0.25) is 10.0 Å². The molecule has 2 aromatic carbocycles. The maximum absolute atomic E-state index is 11.7. The number of benzene rings is 2. The third-order valence-corrected chi connectivity index (χ3v) is 5.29. The van der Waals surface area contributed by atoms with E-state index >= 15 is 0 Å². The molecule has 0 aliphatic heterocycles. The number of sulfonamides is 1. The Morgan fingerprint density at radius 3 is 2.52 bits per heavy atom. The van der Waals surface area contributed by atoms with Crippen LogP contribution in [0.25, 0.3) is 0 Å². The lowest BCUT2D eigenvalue weighted by molar-refractivity contribution is 0.287. The van der Waals surface area contributed by atoms with Crippen molar-refractivity contribution in [3.63, 3.8) is 0 Å². The molecule has 6 nitrogen and oxygen atoms in total. The van der Waals surface area contributed by atoms with Crippen molar-refractivity contribution in [2.24, 2.45) is 0 Å². The van der Waals surface area contributed by atoms with Crippen LogP contribution in [0, 0.1) is 6.92 Å². The topological polar surface area (TPSA) is 70.7 Å². The smallest absolute Gasteiger partial charge is 0.231 e. The van der Waals surface area contributed by atoms with Gasteiger partial charge in [-0.2, -0.15) is 0 Å².